The number of nitrogens with two attached hydrogens (primary N) is 1. The first-order valence-electron chi connectivity index (χ1n) is 4.37. The molecule has 0 bridgehead atoms. The first-order chi connectivity index (χ1) is 7.54. The lowest BCUT2D eigenvalue weighted by Crippen LogP contribution is -2.20. The molecule has 0 saturated carbocycles. The van der Waals surface area contributed by atoms with Crippen molar-refractivity contribution in [2.24, 2.45) is 5.73 Å². The Hall–Kier alpha value is -2.24. The maximum absolute atomic E-state index is 11.3. The fourth-order valence-corrected chi connectivity index (χ4v) is 1.03. The lowest BCUT2D eigenvalue weighted by atomic mass is 10.2. The molecule has 6 heteroatoms. The molecule has 0 aromatic heterocycles. The quantitative estimate of drug-likeness (QED) is 0.705. The van der Waals surface area contributed by atoms with Crippen molar-refractivity contribution in [2.45, 2.75) is 0 Å². The Kier molecular flexibility index (Phi) is 3.71. The van der Waals surface area contributed by atoms with E-state index in [0.717, 1.165) is 0 Å². The number of methoxy groups -OCH3 is 1. The molecular formula is C10H11NO5. The zero-order valence-corrected chi connectivity index (χ0v) is 8.60. The van der Waals surface area contributed by atoms with Gasteiger partial charge < -0.3 is 20.3 Å². The zero-order chi connectivity index (χ0) is 12.1. The second-order valence-corrected chi connectivity index (χ2v) is 2.93. The molecule has 1 aromatic rings. The summed E-state index contributed by atoms with van der Waals surface area (Å²) in [6, 6.07) is 4.08. The van der Waals surface area contributed by atoms with E-state index in [9.17, 15) is 14.7 Å². The van der Waals surface area contributed by atoms with E-state index in [2.05, 4.69) is 4.74 Å². The van der Waals surface area contributed by atoms with Gasteiger partial charge in [0.15, 0.2) is 6.61 Å². The van der Waals surface area contributed by atoms with Gasteiger partial charge in [-0.05, 0) is 12.1 Å². The van der Waals surface area contributed by atoms with Crippen molar-refractivity contribution in [3.63, 3.8) is 0 Å². The van der Waals surface area contributed by atoms with Crippen LogP contribution in [-0.2, 0) is 9.53 Å². The van der Waals surface area contributed by atoms with Crippen LogP contribution in [0.1, 0.15) is 10.4 Å². The van der Waals surface area contributed by atoms with Gasteiger partial charge in [-0.15, -0.1) is 0 Å². The SMILES string of the molecule is COc1ccc(C(=O)OCC(N)=O)c(O)c1. The van der Waals surface area contributed by atoms with Crippen LogP contribution in [-0.4, -0.2) is 30.7 Å². The van der Waals surface area contributed by atoms with Gasteiger partial charge in [0.1, 0.15) is 17.1 Å². The first kappa shape index (κ1) is 11.8. The van der Waals surface area contributed by atoms with Crippen molar-refractivity contribution in [2.75, 3.05) is 13.7 Å². The Morgan fingerprint density at radius 2 is 2.12 bits per heavy atom. The minimum absolute atomic E-state index is 0.0537. The highest BCUT2D eigenvalue weighted by Crippen LogP contribution is 2.23. The fraction of sp³-hybridized carbons (Fsp3) is 0.200. The summed E-state index contributed by atoms with van der Waals surface area (Å²) >= 11 is 0. The van der Waals surface area contributed by atoms with Gasteiger partial charge in [0.05, 0.1) is 7.11 Å². The Morgan fingerprint density at radius 3 is 2.62 bits per heavy atom. The first-order valence-corrected chi connectivity index (χ1v) is 4.37. The number of carbonyl (C=O) groups excluding carboxylic acids is 2. The molecule has 0 fully saturated rings. The van der Waals surface area contributed by atoms with E-state index in [0.29, 0.717) is 5.75 Å². The second-order valence-electron chi connectivity index (χ2n) is 2.93. The number of benzene rings is 1. The van der Waals surface area contributed by atoms with Gasteiger partial charge in [-0.25, -0.2) is 4.79 Å². The van der Waals surface area contributed by atoms with E-state index in [1.165, 1.54) is 25.3 Å². The predicted molar refractivity (Wildman–Crippen MR) is 54.1 cm³/mol. The number of carbonyl (C=O) groups is 2. The molecule has 3 N–H and O–H groups in total. The molecule has 0 radical (unpaired) electrons. The van der Waals surface area contributed by atoms with Crippen molar-refractivity contribution < 1.29 is 24.2 Å². The molecular weight excluding hydrogens is 214 g/mol. The normalized spacial score (nSPS) is 9.56. The molecule has 1 aromatic carbocycles. The molecule has 0 atom stereocenters. The van der Waals surface area contributed by atoms with E-state index >= 15 is 0 Å². The number of primary amides is 1. The van der Waals surface area contributed by atoms with Crippen LogP contribution in [0.15, 0.2) is 18.2 Å². The molecule has 0 heterocycles. The molecule has 0 aliphatic heterocycles. The number of phenolic OH excluding ortho intramolecular Hbond substituents is 1. The Bertz CT molecular complexity index is 416. The highest BCUT2D eigenvalue weighted by molar-refractivity contribution is 5.93. The predicted octanol–water partition coefficient (Wildman–Crippen LogP) is 0.0429. The number of hydrogen-bond acceptors (Lipinski definition) is 5. The summed E-state index contributed by atoms with van der Waals surface area (Å²) in [6.45, 7) is -0.524. The van der Waals surface area contributed by atoms with Gasteiger partial charge in [0, 0.05) is 6.07 Å². The van der Waals surface area contributed by atoms with Crippen LogP contribution in [0.3, 0.4) is 0 Å². The summed E-state index contributed by atoms with van der Waals surface area (Å²) in [4.78, 5) is 21.7. The Labute approximate surface area is 91.6 Å². The summed E-state index contributed by atoms with van der Waals surface area (Å²) in [5, 5.41) is 9.46. The van der Waals surface area contributed by atoms with E-state index in [1.54, 1.807) is 0 Å². The van der Waals surface area contributed by atoms with E-state index in [1.807, 2.05) is 0 Å². The van der Waals surface area contributed by atoms with Crippen molar-refractivity contribution in [3.05, 3.63) is 23.8 Å². The van der Waals surface area contributed by atoms with Gasteiger partial charge in [-0.1, -0.05) is 0 Å². The highest BCUT2D eigenvalue weighted by atomic mass is 16.5. The molecule has 0 spiro atoms. The van der Waals surface area contributed by atoms with E-state index < -0.39 is 18.5 Å². The minimum Gasteiger partial charge on any atom is -0.507 e. The summed E-state index contributed by atoms with van der Waals surface area (Å²) in [7, 11) is 1.43. The average molecular weight is 225 g/mol. The van der Waals surface area contributed by atoms with Gasteiger partial charge in [0.25, 0.3) is 5.91 Å². The summed E-state index contributed by atoms with van der Waals surface area (Å²) in [5.74, 6) is -1.46. The van der Waals surface area contributed by atoms with Crippen LogP contribution in [0.25, 0.3) is 0 Å². The molecule has 0 unspecified atom stereocenters. The van der Waals surface area contributed by atoms with Gasteiger partial charge in [-0.3, -0.25) is 4.79 Å². The lowest BCUT2D eigenvalue weighted by molar-refractivity contribution is -0.121. The van der Waals surface area contributed by atoms with E-state index in [4.69, 9.17) is 10.5 Å². The molecule has 86 valence electrons. The summed E-state index contributed by atoms with van der Waals surface area (Å²) in [6.07, 6.45) is 0. The number of amides is 1. The number of ether oxygens (including phenoxy) is 2. The largest absolute Gasteiger partial charge is 0.507 e. The fourth-order valence-electron chi connectivity index (χ4n) is 1.03. The van der Waals surface area contributed by atoms with Gasteiger partial charge in [0.2, 0.25) is 0 Å². The summed E-state index contributed by atoms with van der Waals surface area (Å²) < 4.78 is 9.37. The standard InChI is InChI=1S/C10H11NO5/c1-15-6-2-3-7(8(12)4-6)10(14)16-5-9(11)13/h2-4,12H,5H2,1H3,(H2,11,13). The number of phenols is 1. The summed E-state index contributed by atoms with van der Waals surface area (Å²) in [5.41, 5.74) is 4.75. The molecule has 0 saturated heterocycles. The molecule has 1 rings (SSSR count). The minimum atomic E-state index is -0.820. The number of aromatic hydroxyl groups is 1. The van der Waals surface area contributed by atoms with Crippen LogP contribution in [0, 0.1) is 0 Å². The molecule has 0 aliphatic carbocycles. The smallest absolute Gasteiger partial charge is 0.342 e. The third-order valence-electron chi connectivity index (χ3n) is 1.77. The van der Waals surface area contributed by atoms with Gasteiger partial charge >= 0.3 is 5.97 Å². The molecule has 1 amide bonds. The third-order valence-corrected chi connectivity index (χ3v) is 1.77. The van der Waals surface area contributed by atoms with Crippen molar-refractivity contribution in [1.29, 1.82) is 0 Å². The number of esters is 1. The van der Waals surface area contributed by atoms with Crippen LogP contribution < -0.4 is 10.5 Å². The molecule has 0 aliphatic rings. The Balaban J connectivity index is 2.79. The Morgan fingerprint density at radius 1 is 1.44 bits per heavy atom. The molecule has 16 heavy (non-hydrogen) atoms. The monoisotopic (exact) mass is 225 g/mol. The van der Waals surface area contributed by atoms with Crippen LogP contribution in [0.4, 0.5) is 0 Å². The lowest BCUT2D eigenvalue weighted by Gasteiger charge is -2.06. The van der Waals surface area contributed by atoms with Crippen molar-refractivity contribution in [1.82, 2.24) is 0 Å². The average Bonchev–Trinajstić information content (AvgIpc) is 2.25. The second kappa shape index (κ2) is 5.01. The maximum atomic E-state index is 11.3. The van der Waals surface area contributed by atoms with E-state index in [-0.39, 0.29) is 11.3 Å². The van der Waals surface area contributed by atoms with Crippen molar-refractivity contribution >= 4 is 11.9 Å². The number of rotatable bonds is 4. The van der Waals surface area contributed by atoms with Crippen molar-refractivity contribution in [3.8, 4) is 11.5 Å². The topological polar surface area (TPSA) is 98.9 Å². The van der Waals surface area contributed by atoms with Crippen LogP contribution in [0.2, 0.25) is 0 Å². The molecule has 6 nitrogen and oxygen atoms in total. The third kappa shape index (κ3) is 2.88. The maximum Gasteiger partial charge on any atom is 0.342 e. The highest BCUT2D eigenvalue weighted by Gasteiger charge is 2.14. The van der Waals surface area contributed by atoms with Crippen LogP contribution in [0.5, 0.6) is 11.5 Å². The zero-order valence-electron chi connectivity index (χ0n) is 8.60. The number of hydrogen-bond donors (Lipinski definition) is 2. The van der Waals surface area contributed by atoms with Gasteiger partial charge in [-0.2, -0.15) is 0 Å². The van der Waals surface area contributed by atoms with Crippen LogP contribution >= 0.6 is 0 Å².